The van der Waals surface area contributed by atoms with E-state index in [0.717, 1.165) is 16.2 Å². The molecule has 0 saturated carbocycles. The average Bonchev–Trinajstić information content (AvgIpc) is 2.67. The Morgan fingerprint density at radius 2 is 2.46 bits per heavy atom. The van der Waals surface area contributed by atoms with Gasteiger partial charge in [0.25, 0.3) is 0 Å². The third-order valence-electron chi connectivity index (χ3n) is 2.11. The van der Waals surface area contributed by atoms with Crippen LogP contribution in [0.2, 0.25) is 0 Å². The van der Waals surface area contributed by atoms with Crippen molar-refractivity contribution >= 4 is 29.4 Å². The summed E-state index contributed by atoms with van der Waals surface area (Å²) in [5.74, 6) is 1.24. The summed E-state index contributed by atoms with van der Waals surface area (Å²) in [6.45, 7) is 0. The van der Waals surface area contributed by atoms with Crippen LogP contribution in [-0.2, 0) is 0 Å². The second-order valence-corrected chi connectivity index (χ2v) is 5.48. The van der Waals surface area contributed by atoms with Gasteiger partial charge in [-0.1, -0.05) is 6.42 Å². The summed E-state index contributed by atoms with van der Waals surface area (Å²) in [7, 11) is 0. The number of aldehydes is 1. The lowest BCUT2D eigenvalue weighted by atomic mass is 10.2. The molecule has 2 heterocycles. The third kappa shape index (κ3) is 2.11. The molecule has 1 saturated heterocycles. The molecule has 1 fully saturated rings. The first-order chi connectivity index (χ1) is 6.40. The summed E-state index contributed by atoms with van der Waals surface area (Å²) in [6.07, 6.45) is 6.41. The van der Waals surface area contributed by atoms with Gasteiger partial charge in [-0.25, -0.2) is 4.98 Å². The number of hydrogen-bond donors (Lipinski definition) is 0. The molecule has 1 atom stereocenters. The van der Waals surface area contributed by atoms with Crippen molar-refractivity contribution in [1.82, 2.24) is 4.98 Å². The molecule has 1 unspecified atom stereocenters. The minimum absolute atomic E-state index is 0.549. The van der Waals surface area contributed by atoms with Crippen LogP contribution >= 0.6 is 23.1 Å². The predicted octanol–water partition coefficient (Wildman–Crippen LogP) is 2.91. The van der Waals surface area contributed by atoms with Gasteiger partial charge in [0.1, 0.15) is 5.01 Å². The zero-order valence-corrected chi connectivity index (χ0v) is 8.87. The van der Waals surface area contributed by atoms with Gasteiger partial charge >= 0.3 is 0 Å². The lowest BCUT2D eigenvalue weighted by Crippen LogP contribution is -2.01. The van der Waals surface area contributed by atoms with Crippen molar-refractivity contribution in [3.8, 4) is 0 Å². The van der Waals surface area contributed by atoms with Gasteiger partial charge < -0.3 is 0 Å². The minimum Gasteiger partial charge on any atom is -0.297 e. The highest BCUT2D eigenvalue weighted by Crippen LogP contribution is 2.39. The lowest BCUT2D eigenvalue weighted by Gasteiger charge is -2.18. The summed E-state index contributed by atoms with van der Waals surface area (Å²) >= 11 is 3.51. The maximum atomic E-state index is 10.5. The monoisotopic (exact) mass is 213 g/mol. The van der Waals surface area contributed by atoms with E-state index in [1.165, 1.54) is 36.4 Å². The van der Waals surface area contributed by atoms with E-state index >= 15 is 0 Å². The van der Waals surface area contributed by atoms with E-state index in [4.69, 9.17) is 0 Å². The highest BCUT2D eigenvalue weighted by molar-refractivity contribution is 7.99. The molecule has 0 amide bonds. The largest absolute Gasteiger partial charge is 0.297 e. The Kier molecular flexibility index (Phi) is 3.01. The standard InChI is InChI=1S/C9H11NOS2/c11-6-7-5-10-9(13-7)8-3-1-2-4-12-8/h5-6,8H,1-4H2. The number of thiazole rings is 1. The fraction of sp³-hybridized carbons (Fsp3) is 0.556. The zero-order chi connectivity index (χ0) is 9.10. The summed E-state index contributed by atoms with van der Waals surface area (Å²) < 4.78 is 0. The number of carbonyl (C=O) groups is 1. The van der Waals surface area contributed by atoms with E-state index < -0.39 is 0 Å². The fourth-order valence-electron chi connectivity index (χ4n) is 1.44. The molecule has 70 valence electrons. The molecule has 4 heteroatoms. The molecule has 0 bridgehead atoms. The van der Waals surface area contributed by atoms with Crippen molar-refractivity contribution in [2.75, 3.05) is 5.75 Å². The Morgan fingerprint density at radius 3 is 3.08 bits per heavy atom. The van der Waals surface area contributed by atoms with Gasteiger partial charge in [0.05, 0.1) is 10.1 Å². The number of aromatic nitrogens is 1. The smallest absolute Gasteiger partial charge is 0.161 e. The first-order valence-corrected chi connectivity index (χ1v) is 6.29. The molecular weight excluding hydrogens is 202 g/mol. The van der Waals surface area contributed by atoms with Gasteiger partial charge in [-0.3, -0.25) is 4.79 Å². The Morgan fingerprint density at radius 1 is 1.54 bits per heavy atom. The van der Waals surface area contributed by atoms with Gasteiger partial charge in [-0.2, -0.15) is 11.8 Å². The van der Waals surface area contributed by atoms with Crippen molar-refractivity contribution in [1.29, 1.82) is 0 Å². The third-order valence-corrected chi connectivity index (χ3v) is 4.68. The topological polar surface area (TPSA) is 30.0 Å². The van der Waals surface area contributed by atoms with Gasteiger partial charge in [0.2, 0.25) is 0 Å². The van der Waals surface area contributed by atoms with Crippen LogP contribution in [0, 0.1) is 0 Å². The molecule has 1 aromatic rings. The molecule has 0 radical (unpaired) electrons. The van der Waals surface area contributed by atoms with Crippen molar-refractivity contribution in [2.45, 2.75) is 24.5 Å². The second kappa shape index (κ2) is 4.24. The number of rotatable bonds is 2. The van der Waals surface area contributed by atoms with E-state index in [2.05, 4.69) is 4.98 Å². The first kappa shape index (κ1) is 9.21. The molecule has 1 aliphatic rings. The van der Waals surface area contributed by atoms with E-state index in [9.17, 15) is 4.79 Å². The molecule has 0 aromatic carbocycles. The summed E-state index contributed by atoms with van der Waals surface area (Å²) in [6, 6.07) is 0. The average molecular weight is 213 g/mol. The molecular formula is C9H11NOS2. The maximum absolute atomic E-state index is 10.5. The van der Waals surface area contributed by atoms with Gasteiger partial charge in [-0.15, -0.1) is 11.3 Å². The van der Waals surface area contributed by atoms with Crippen LogP contribution < -0.4 is 0 Å². The van der Waals surface area contributed by atoms with Gasteiger partial charge in [0, 0.05) is 6.20 Å². The zero-order valence-electron chi connectivity index (χ0n) is 7.23. The highest BCUT2D eigenvalue weighted by Gasteiger charge is 2.18. The van der Waals surface area contributed by atoms with Crippen LogP contribution in [0.3, 0.4) is 0 Å². The molecule has 0 spiro atoms. The molecule has 2 rings (SSSR count). The maximum Gasteiger partial charge on any atom is 0.161 e. The van der Waals surface area contributed by atoms with Gasteiger partial charge in [0.15, 0.2) is 6.29 Å². The molecule has 13 heavy (non-hydrogen) atoms. The Bertz CT molecular complexity index is 292. The summed E-state index contributed by atoms with van der Waals surface area (Å²) in [5, 5.41) is 1.68. The van der Waals surface area contributed by atoms with Crippen LogP contribution in [0.4, 0.5) is 0 Å². The SMILES string of the molecule is O=Cc1cnc(C2CCCCS2)s1. The molecule has 1 aromatic heterocycles. The van der Waals surface area contributed by atoms with Crippen molar-refractivity contribution < 1.29 is 4.79 Å². The van der Waals surface area contributed by atoms with Crippen molar-refractivity contribution in [3.63, 3.8) is 0 Å². The Hall–Kier alpha value is -0.350. The Labute approximate surface area is 85.8 Å². The summed E-state index contributed by atoms with van der Waals surface area (Å²) in [5.41, 5.74) is 0. The lowest BCUT2D eigenvalue weighted by molar-refractivity contribution is 0.112. The van der Waals surface area contributed by atoms with E-state index in [-0.39, 0.29) is 0 Å². The number of thioether (sulfide) groups is 1. The number of hydrogen-bond acceptors (Lipinski definition) is 4. The number of nitrogens with zero attached hydrogens (tertiary/aromatic N) is 1. The highest BCUT2D eigenvalue weighted by atomic mass is 32.2. The predicted molar refractivity (Wildman–Crippen MR) is 56.6 cm³/mol. The van der Waals surface area contributed by atoms with Crippen LogP contribution in [-0.4, -0.2) is 17.0 Å². The summed E-state index contributed by atoms with van der Waals surface area (Å²) in [4.78, 5) is 15.5. The minimum atomic E-state index is 0.549. The van der Waals surface area contributed by atoms with Crippen molar-refractivity contribution in [3.05, 3.63) is 16.1 Å². The second-order valence-electron chi connectivity index (χ2n) is 3.07. The van der Waals surface area contributed by atoms with Crippen LogP contribution in [0.5, 0.6) is 0 Å². The van der Waals surface area contributed by atoms with Crippen LogP contribution in [0.25, 0.3) is 0 Å². The normalized spacial score (nSPS) is 22.9. The molecule has 1 aliphatic heterocycles. The molecule has 2 nitrogen and oxygen atoms in total. The van der Waals surface area contributed by atoms with E-state index in [1.54, 1.807) is 6.20 Å². The van der Waals surface area contributed by atoms with Crippen molar-refractivity contribution in [2.24, 2.45) is 0 Å². The fourth-order valence-corrected chi connectivity index (χ4v) is 3.73. The van der Waals surface area contributed by atoms with Crippen LogP contribution in [0.15, 0.2) is 6.20 Å². The Balaban J connectivity index is 2.09. The molecule has 0 aliphatic carbocycles. The number of carbonyl (C=O) groups excluding carboxylic acids is 1. The van der Waals surface area contributed by atoms with Gasteiger partial charge in [-0.05, 0) is 18.6 Å². The van der Waals surface area contributed by atoms with Crippen LogP contribution in [0.1, 0.15) is 39.2 Å². The van der Waals surface area contributed by atoms with E-state index in [0.29, 0.717) is 5.25 Å². The molecule has 0 N–H and O–H groups in total. The quantitative estimate of drug-likeness (QED) is 0.707. The van der Waals surface area contributed by atoms with E-state index in [1.807, 2.05) is 11.8 Å². The first-order valence-electron chi connectivity index (χ1n) is 4.42.